The van der Waals surface area contributed by atoms with Crippen molar-refractivity contribution in [3.8, 4) is 5.75 Å². The van der Waals surface area contributed by atoms with Crippen LogP contribution in [-0.4, -0.2) is 43.4 Å². The Morgan fingerprint density at radius 2 is 1.81 bits per heavy atom. The zero-order chi connectivity index (χ0) is 10.1. The first kappa shape index (κ1) is 18.5. The minimum absolute atomic E-state index is 0. The zero-order valence-electron chi connectivity index (χ0n) is 9.35. The molecule has 1 aliphatic rings. The van der Waals surface area contributed by atoms with Crippen LogP contribution in [0.3, 0.4) is 0 Å². The number of hydrogen-bond donors (Lipinski definition) is 0. The molecule has 1 aromatic carbocycles. The number of hydrogen-bond acceptors (Lipinski definition) is 3. The number of rotatable bonds is 1. The maximum atomic E-state index is 4.89. The molecule has 0 saturated carbocycles. The molecular formula is C11H15BrMgO3. The molecule has 16 heavy (non-hydrogen) atoms. The first-order valence-corrected chi connectivity index (χ1v) is 4.48. The summed E-state index contributed by atoms with van der Waals surface area (Å²) in [6.45, 7) is 3.03. The minimum atomic E-state index is 0. The van der Waals surface area contributed by atoms with Crippen LogP contribution in [-0.2, 0) is 9.47 Å². The van der Waals surface area contributed by atoms with Gasteiger partial charge in [-0.05, 0) is 6.42 Å². The molecule has 1 heterocycles. The van der Waals surface area contributed by atoms with Gasteiger partial charge in [-0.1, -0.05) is 6.79 Å². The monoisotopic (exact) mass is 298 g/mol. The number of halogens is 1. The van der Waals surface area contributed by atoms with Crippen LogP contribution >= 0.6 is 17.0 Å². The molecule has 0 unspecified atom stereocenters. The summed E-state index contributed by atoms with van der Waals surface area (Å²) >= 11 is 0. The van der Waals surface area contributed by atoms with Crippen LogP contribution in [0.4, 0.5) is 0 Å². The third kappa shape index (κ3) is 9.41. The van der Waals surface area contributed by atoms with Crippen molar-refractivity contribution in [3.05, 3.63) is 37.1 Å². The fourth-order valence-corrected chi connectivity index (χ4v) is 0.878. The van der Waals surface area contributed by atoms with E-state index in [1.165, 1.54) is 6.79 Å². The molecule has 3 nitrogen and oxygen atoms in total. The van der Waals surface area contributed by atoms with Crippen LogP contribution in [0.1, 0.15) is 6.42 Å². The summed E-state index contributed by atoms with van der Waals surface area (Å²) in [5.41, 5.74) is 0. The molecule has 0 spiro atoms. The van der Waals surface area contributed by atoms with Crippen molar-refractivity contribution in [2.45, 2.75) is 6.42 Å². The Hall–Kier alpha value is 0.186. The van der Waals surface area contributed by atoms with Gasteiger partial charge in [-0.25, -0.2) is 0 Å². The Labute approximate surface area is 123 Å². The summed E-state index contributed by atoms with van der Waals surface area (Å²) in [5.74, 6) is 0.878. The van der Waals surface area contributed by atoms with Crippen molar-refractivity contribution in [2.75, 3.05) is 20.3 Å². The predicted octanol–water partition coefficient (Wildman–Crippen LogP) is 2.24. The fraction of sp³-hybridized carbons (Fsp3) is 0.364. The summed E-state index contributed by atoms with van der Waals surface area (Å²) < 4.78 is 14.3. The van der Waals surface area contributed by atoms with Crippen LogP contribution < -0.4 is 4.74 Å². The second-order valence-corrected chi connectivity index (χ2v) is 2.63. The van der Waals surface area contributed by atoms with Crippen molar-refractivity contribution >= 4 is 40.0 Å². The molecule has 1 aliphatic heterocycles. The van der Waals surface area contributed by atoms with Gasteiger partial charge in [-0.3, -0.25) is 0 Å². The zero-order valence-corrected chi connectivity index (χ0v) is 12.5. The number of benzene rings is 1. The van der Waals surface area contributed by atoms with Gasteiger partial charge >= 0.3 is 23.1 Å². The average Bonchev–Trinajstić information content (AvgIpc) is 2.33. The molecular weight excluding hydrogens is 284 g/mol. The molecule has 2 rings (SSSR count). The van der Waals surface area contributed by atoms with Gasteiger partial charge in [-0.15, -0.1) is 29.1 Å². The Morgan fingerprint density at radius 3 is 2.06 bits per heavy atom. The van der Waals surface area contributed by atoms with E-state index in [2.05, 4.69) is 6.07 Å². The standard InChI is InChI=1S/C7H7O.C4H7O2.BrH.Mg/c1-8-7-5-3-2-4-6-7;1-2-5-4-6-3-1;;/h3-6H,1H3;4H,1-3H2;1H;/q2*-1;;+2. The van der Waals surface area contributed by atoms with Crippen LogP contribution in [0.2, 0.25) is 0 Å². The van der Waals surface area contributed by atoms with Gasteiger partial charge in [0.15, 0.2) is 0 Å². The molecule has 0 N–H and O–H groups in total. The van der Waals surface area contributed by atoms with Crippen LogP contribution in [0.5, 0.6) is 5.75 Å². The second-order valence-electron chi connectivity index (χ2n) is 2.63. The third-order valence-corrected chi connectivity index (χ3v) is 1.58. The molecule has 0 aliphatic carbocycles. The molecule has 0 radical (unpaired) electrons. The quantitative estimate of drug-likeness (QED) is 0.588. The van der Waals surface area contributed by atoms with Crippen molar-refractivity contribution in [1.82, 2.24) is 0 Å². The van der Waals surface area contributed by atoms with Crippen molar-refractivity contribution in [3.63, 3.8) is 0 Å². The van der Waals surface area contributed by atoms with Gasteiger partial charge in [0.25, 0.3) is 0 Å². The molecule has 1 saturated heterocycles. The molecule has 0 bridgehead atoms. The largest absolute Gasteiger partial charge is 2.00 e. The maximum absolute atomic E-state index is 4.89. The minimum Gasteiger partial charge on any atom is -0.525 e. The van der Waals surface area contributed by atoms with Gasteiger partial charge < -0.3 is 14.2 Å². The predicted molar refractivity (Wildman–Crippen MR) is 68.7 cm³/mol. The molecule has 5 heteroatoms. The number of ether oxygens (including phenoxy) is 3. The van der Waals surface area contributed by atoms with E-state index in [0.717, 1.165) is 25.4 Å². The number of methoxy groups -OCH3 is 1. The van der Waals surface area contributed by atoms with E-state index >= 15 is 0 Å². The van der Waals surface area contributed by atoms with E-state index in [1.807, 2.05) is 24.3 Å². The first-order chi connectivity index (χ1) is 6.93. The van der Waals surface area contributed by atoms with E-state index < -0.39 is 0 Å². The fourth-order valence-electron chi connectivity index (χ4n) is 0.878. The van der Waals surface area contributed by atoms with Crippen LogP contribution in [0.25, 0.3) is 0 Å². The molecule has 0 aromatic heterocycles. The van der Waals surface area contributed by atoms with E-state index in [1.54, 1.807) is 7.11 Å². The topological polar surface area (TPSA) is 27.7 Å². The van der Waals surface area contributed by atoms with Crippen LogP contribution in [0.15, 0.2) is 24.3 Å². The van der Waals surface area contributed by atoms with Gasteiger partial charge in [0.05, 0.1) is 7.11 Å². The van der Waals surface area contributed by atoms with E-state index in [9.17, 15) is 0 Å². The summed E-state index contributed by atoms with van der Waals surface area (Å²) in [4.78, 5) is 0. The third-order valence-electron chi connectivity index (χ3n) is 1.58. The van der Waals surface area contributed by atoms with Gasteiger partial charge in [-0.2, -0.15) is 18.2 Å². The molecule has 0 amide bonds. The Kier molecular flexibility index (Phi) is 15.4. The Morgan fingerprint density at radius 1 is 1.25 bits per heavy atom. The van der Waals surface area contributed by atoms with Gasteiger partial charge in [0.1, 0.15) is 0 Å². The summed E-state index contributed by atoms with van der Waals surface area (Å²) in [6.07, 6.45) is 1.02. The maximum Gasteiger partial charge on any atom is 2.00 e. The van der Waals surface area contributed by atoms with Crippen LogP contribution in [0, 0.1) is 12.9 Å². The van der Waals surface area contributed by atoms with E-state index in [0.29, 0.717) is 0 Å². The molecule has 1 fully saturated rings. The van der Waals surface area contributed by atoms with E-state index in [4.69, 9.17) is 14.2 Å². The smallest absolute Gasteiger partial charge is 0.525 e. The average molecular weight is 299 g/mol. The van der Waals surface area contributed by atoms with Crippen molar-refractivity contribution in [2.24, 2.45) is 0 Å². The SMILES string of the molecule is Br.COc1cc[c-]cc1.[CH-]1OCCCO1.[Mg+2]. The summed E-state index contributed by atoms with van der Waals surface area (Å²) in [6, 6.07) is 10.2. The summed E-state index contributed by atoms with van der Waals surface area (Å²) in [7, 11) is 1.65. The first-order valence-electron chi connectivity index (χ1n) is 4.48. The Bertz CT molecular complexity index is 218. The van der Waals surface area contributed by atoms with Crippen molar-refractivity contribution < 1.29 is 14.2 Å². The van der Waals surface area contributed by atoms with Gasteiger partial charge in [0, 0.05) is 19.0 Å². The summed E-state index contributed by atoms with van der Waals surface area (Å²) in [5, 5.41) is 0. The van der Waals surface area contributed by atoms with E-state index in [-0.39, 0.29) is 40.0 Å². The molecule has 1 aromatic rings. The second kappa shape index (κ2) is 13.3. The normalized spacial score (nSPS) is 13.3. The molecule has 86 valence electrons. The van der Waals surface area contributed by atoms with Crippen molar-refractivity contribution in [1.29, 1.82) is 0 Å². The van der Waals surface area contributed by atoms with Gasteiger partial charge in [0.2, 0.25) is 0 Å². The molecule has 0 atom stereocenters. The Balaban J connectivity index is 0.